The molecule has 1 saturated heterocycles. The summed E-state index contributed by atoms with van der Waals surface area (Å²) in [5, 5.41) is -0.165. The van der Waals surface area contributed by atoms with Gasteiger partial charge in [-0.25, -0.2) is 56.2 Å². The Hall–Kier alpha value is -6.97. The summed E-state index contributed by atoms with van der Waals surface area (Å²) in [7, 11) is -8.48. The van der Waals surface area contributed by atoms with Gasteiger partial charge in [0.2, 0.25) is 11.8 Å². The molecule has 22 heteroatoms. The topological polar surface area (TPSA) is 278 Å². The molecule has 0 aliphatic carbocycles. The number of nitrogens with two attached hydrogens (primary N) is 2. The first kappa shape index (κ1) is 49.5. The molecule has 1 fully saturated rings. The number of carbonyl (C=O) groups excluding carboxylic acids is 2. The second kappa shape index (κ2) is 20.3. The summed E-state index contributed by atoms with van der Waals surface area (Å²) >= 11 is 6.13. The minimum atomic E-state index is -4.25. The third kappa shape index (κ3) is 12.1. The average Bonchev–Trinajstić information content (AvgIpc) is 3.54. The van der Waals surface area contributed by atoms with Gasteiger partial charge >= 0.3 is 0 Å². The number of hydrogen-bond acceptors (Lipinski definition) is 17. The number of ether oxygens (including phenoxy) is 2. The Morgan fingerprint density at radius 1 is 0.701 bits per heavy atom. The maximum Gasteiger partial charge on any atom is 0.268 e. The number of halogens is 1. The third-order valence-corrected chi connectivity index (χ3v) is 13.0. The predicted octanol–water partition coefficient (Wildman–Crippen LogP) is 6.33. The molecule has 2 amide bonds. The van der Waals surface area contributed by atoms with Gasteiger partial charge in [-0.3, -0.25) is 9.59 Å². The minimum Gasteiger partial charge on any atom is -0.475 e. The molecule has 6 aromatic rings. The fraction of sp³-hybridized carbons (Fsp3) is 0.289. The van der Waals surface area contributed by atoms with E-state index >= 15 is 0 Å². The lowest BCUT2D eigenvalue weighted by molar-refractivity contribution is 0.0972. The van der Waals surface area contributed by atoms with Crippen LogP contribution < -0.4 is 35.3 Å². The molecule has 6 aromatic heterocycles. The van der Waals surface area contributed by atoms with Crippen LogP contribution in [0.4, 0.5) is 17.5 Å². The van der Waals surface area contributed by atoms with Gasteiger partial charge in [0.1, 0.15) is 32.4 Å². The molecule has 0 saturated carbocycles. The number of hydrogen-bond donors (Lipinski definition) is 4. The molecule has 352 valence electrons. The van der Waals surface area contributed by atoms with Crippen LogP contribution in [0.2, 0.25) is 5.15 Å². The van der Waals surface area contributed by atoms with E-state index in [1.807, 2.05) is 38.5 Å². The smallest absolute Gasteiger partial charge is 0.268 e. The van der Waals surface area contributed by atoms with Crippen molar-refractivity contribution in [1.29, 1.82) is 0 Å². The van der Waals surface area contributed by atoms with E-state index in [1.165, 1.54) is 48.8 Å². The van der Waals surface area contributed by atoms with E-state index in [9.17, 15) is 26.4 Å². The Morgan fingerprint density at radius 3 is 1.57 bits per heavy atom. The van der Waals surface area contributed by atoms with Crippen LogP contribution in [0.1, 0.15) is 75.6 Å². The molecular weight excluding hydrogens is 922 g/mol. The zero-order valence-electron chi connectivity index (χ0n) is 37.6. The molecule has 67 heavy (non-hydrogen) atoms. The fourth-order valence-corrected chi connectivity index (χ4v) is 9.47. The monoisotopic (exact) mass is 971 g/mol. The highest BCUT2D eigenvalue weighted by Gasteiger charge is 2.39. The van der Waals surface area contributed by atoms with Crippen molar-refractivity contribution in [3.8, 4) is 34.3 Å². The van der Waals surface area contributed by atoms with Gasteiger partial charge in [0.15, 0.2) is 0 Å². The zero-order valence-corrected chi connectivity index (χ0v) is 40.0. The SMILES string of the molecule is CC(C)Oc1ccc(-c2ccc(C(=O)NS(=O)(=O)c3cccnc3N)c(Cl)n2)cn1.CC(C)Oc1ccc(-c2ccc(C(=O)NS(=O)(=O)c3cccnc3N)c(N3C[C@@H](C)CC3(C)C)n2)cn1. The van der Waals surface area contributed by atoms with Crippen LogP contribution in [-0.4, -0.2) is 82.8 Å². The van der Waals surface area contributed by atoms with Crippen LogP contribution in [0.25, 0.3) is 22.5 Å². The number of aromatic nitrogens is 6. The highest BCUT2D eigenvalue weighted by molar-refractivity contribution is 7.90. The van der Waals surface area contributed by atoms with Gasteiger partial charge in [0.05, 0.1) is 34.7 Å². The summed E-state index contributed by atoms with van der Waals surface area (Å²) in [6.07, 6.45) is 6.83. The number of carbonyl (C=O) groups is 2. The van der Waals surface area contributed by atoms with E-state index in [4.69, 9.17) is 37.5 Å². The molecule has 0 aromatic carbocycles. The van der Waals surface area contributed by atoms with Crippen LogP contribution in [-0.2, 0) is 20.0 Å². The van der Waals surface area contributed by atoms with Crippen molar-refractivity contribution in [1.82, 2.24) is 39.3 Å². The van der Waals surface area contributed by atoms with E-state index in [0.717, 1.165) is 12.0 Å². The molecule has 0 bridgehead atoms. The van der Waals surface area contributed by atoms with Crippen molar-refractivity contribution >= 4 is 60.9 Å². The quantitative estimate of drug-likeness (QED) is 0.0920. The number of amides is 2. The molecule has 6 N–H and O–H groups in total. The van der Waals surface area contributed by atoms with Crippen molar-refractivity contribution in [2.24, 2.45) is 5.92 Å². The Labute approximate surface area is 393 Å². The van der Waals surface area contributed by atoms with Gasteiger partial charge in [-0.05, 0) is 115 Å². The van der Waals surface area contributed by atoms with Gasteiger partial charge in [0, 0.05) is 60.1 Å². The first-order valence-corrected chi connectivity index (χ1v) is 24.2. The number of sulfonamides is 2. The molecule has 0 radical (unpaired) electrons. The second-order valence-corrected chi connectivity index (χ2v) is 20.2. The van der Waals surface area contributed by atoms with Crippen molar-refractivity contribution in [3.63, 3.8) is 0 Å². The van der Waals surface area contributed by atoms with Crippen molar-refractivity contribution in [3.05, 3.63) is 114 Å². The molecule has 7 rings (SSSR count). The van der Waals surface area contributed by atoms with E-state index in [2.05, 4.69) is 55.3 Å². The minimum absolute atomic E-state index is 0.00134. The fourth-order valence-electron chi connectivity index (χ4n) is 7.13. The maximum absolute atomic E-state index is 13.4. The molecule has 0 spiro atoms. The highest BCUT2D eigenvalue weighted by Crippen LogP contribution is 2.38. The van der Waals surface area contributed by atoms with Crippen LogP contribution in [0, 0.1) is 5.92 Å². The molecule has 19 nitrogen and oxygen atoms in total. The summed E-state index contributed by atoms with van der Waals surface area (Å²) in [5.74, 6) is -0.420. The number of anilines is 3. The Morgan fingerprint density at radius 2 is 1.16 bits per heavy atom. The summed E-state index contributed by atoms with van der Waals surface area (Å²) in [5.41, 5.74) is 13.5. The molecule has 0 unspecified atom stereocenters. The van der Waals surface area contributed by atoms with Gasteiger partial charge in [-0.1, -0.05) is 18.5 Å². The molecule has 1 atom stereocenters. The van der Waals surface area contributed by atoms with Crippen LogP contribution in [0.5, 0.6) is 11.8 Å². The van der Waals surface area contributed by atoms with Gasteiger partial charge < -0.3 is 25.8 Å². The van der Waals surface area contributed by atoms with Gasteiger partial charge in [0.25, 0.3) is 31.9 Å². The number of nitrogens with one attached hydrogen (secondary N) is 2. The van der Waals surface area contributed by atoms with Crippen LogP contribution >= 0.6 is 11.6 Å². The molecule has 7 heterocycles. The van der Waals surface area contributed by atoms with Crippen molar-refractivity contribution < 1.29 is 35.9 Å². The Balaban J connectivity index is 0.000000226. The van der Waals surface area contributed by atoms with Crippen LogP contribution in [0.15, 0.2) is 107 Å². The Kier molecular flexibility index (Phi) is 15.0. The number of nitrogens with zero attached hydrogens (tertiary/aromatic N) is 7. The lowest BCUT2D eigenvalue weighted by Gasteiger charge is -2.34. The first-order chi connectivity index (χ1) is 31.5. The van der Waals surface area contributed by atoms with E-state index in [0.29, 0.717) is 47.0 Å². The van der Waals surface area contributed by atoms with Crippen molar-refractivity contribution in [2.45, 2.75) is 82.4 Å². The molecule has 1 aliphatic rings. The lowest BCUT2D eigenvalue weighted by Crippen LogP contribution is -2.41. The number of pyridine rings is 6. The average molecular weight is 973 g/mol. The summed E-state index contributed by atoms with van der Waals surface area (Å²) in [6, 6.07) is 18.6. The summed E-state index contributed by atoms with van der Waals surface area (Å²) in [6.45, 7) is 14.6. The normalized spacial score (nSPS) is 14.5. The Bertz CT molecular complexity index is 3000. The number of nitrogen functional groups attached to an aromatic ring is 2. The maximum atomic E-state index is 13.4. The largest absolute Gasteiger partial charge is 0.475 e. The highest BCUT2D eigenvalue weighted by atomic mass is 35.5. The lowest BCUT2D eigenvalue weighted by atomic mass is 9.97. The van der Waals surface area contributed by atoms with E-state index in [-0.39, 0.29) is 55.5 Å². The van der Waals surface area contributed by atoms with E-state index in [1.54, 1.807) is 42.7 Å². The van der Waals surface area contributed by atoms with Crippen molar-refractivity contribution in [2.75, 3.05) is 22.9 Å². The summed E-state index contributed by atoms with van der Waals surface area (Å²) < 4.78 is 65.9. The summed E-state index contributed by atoms with van der Waals surface area (Å²) in [4.78, 5) is 52.4. The first-order valence-electron chi connectivity index (χ1n) is 20.8. The zero-order chi connectivity index (χ0) is 48.8. The number of rotatable bonds is 13. The predicted molar refractivity (Wildman–Crippen MR) is 253 cm³/mol. The van der Waals surface area contributed by atoms with Crippen LogP contribution in [0.3, 0.4) is 0 Å². The van der Waals surface area contributed by atoms with E-state index < -0.39 is 31.9 Å². The molecule has 1 aliphatic heterocycles. The second-order valence-electron chi connectivity index (χ2n) is 16.6. The van der Waals surface area contributed by atoms with Gasteiger partial charge in [-0.2, -0.15) is 0 Å². The van der Waals surface area contributed by atoms with Gasteiger partial charge in [-0.15, -0.1) is 0 Å². The standard InChI is InChI=1S/C26H32N6O4S.C19H18ClN5O4S/c1-16(2)36-22-11-8-18(14-29-22)20-10-9-19(24(30-20)32-15-17(3)13-26(32,4)5)25(33)31-37(34,35)21-7-6-12-28-23(21)27;1-11(2)29-16-8-5-12(10-23-16)14-7-6-13(17(20)24-14)19(26)25-30(27,28)15-4-3-9-22-18(15)21/h6-12,14,16-17H,13,15H2,1-5H3,(H2,27,28)(H,31,33);3-11H,1-2H3,(H2,21,22)(H,25,26)/t17-;/m0./s1. The third-order valence-electron chi connectivity index (χ3n) is 9.95. The molecular formula is C45H50ClN11O8S2.